The van der Waals surface area contributed by atoms with Crippen molar-refractivity contribution >= 4 is 0 Å². The van der Waals surface area contributed by atoms with Gasteiger partial charge < -0.3 is 33.2 Å². The number of hydrogen-bond donors (Lipinski definition) is 0. The highest BCUT2D eigenvalue weighted by molar-refractivity contribution is 4.46. The van der Waals surface area contributed by atoms with E-state index in [1.807, 2.05) is 0 Å². The molecule has 1 saturated heterocycles. The Balaban J connectivity index is 2.00. The van der Waals surface area contributed by atoms with Crippen LogP contribution in [0.25, 0.3) is 0 Å². The summed E-state index contributed by atoms with van der Waals surface area (Å²) in [7, 11) is 0. The molecule has 0 aromatic rings. The summed E-state index contributed by atoms with van der Waals surface area (Å²) < 4.78 is 39.9. The molecule has 0 N–H and O–H groups in total. The molecular formula is C28H56O7. The van der Waals surface area contributed by atoms with Crippen LogP contribution in [0.3, 0.4) is 0 Å². The largest absolute Gasteiger partial charge is 0.381 e. The van der Waals surface area contributed by atoms with E-state index in [1.165, 1.54) is 0 Å². The van der Waals surface area contributed by atoms with Crippen LogP contribution in [0.4, 0.5) is 0 Å². The SMILES string of the molecule is C1CCOCCCCOCCCCOCCCCOCCCCOCCCCOCCCCOC1. The van der Waals surface area contributed by atoms with E-state index in [0.29, 0.717) is 0 Å². The van der Waals surface area contributed by atoms with Gasteiger partial charge in [0.2, 0.25) is 0 Å². The van der Waals surface area contributed by atoms with E-state index in [2.05, 4.69) is 0 Å². The molecule has 0 bridgehead atoms. The quantitative estimate of drug-likeness (QED) is 0.427. The first-order valence-electron chi connectivity index (χ1n) is 14.5. The summed E-state index contributed by atoms with van der Waals surface area (Å²) in [5.41, 5.74) is 0. The summed E-state index contributed by atoms with van der Waals surface area (Å²) in [5.74, 6) is 0. The molecule has 210 valence electrons. The van der Waals surface area contributed by atoms with Crippen molar-refractivity contribution in [2.24, 2.45) is 0 Å². The van der Waals surface area contributed by atoms with Crippen LogP contribution in [0.5, 0.6) is 0 Å². The van der Waals surface area contributed by atoms with Crippen molar-refractivity contribution in [1.82, 2.24) is 0 Å². The zero-order valence-electron chi connectivity index (χ0n) is 22.7. The first kappa shape index (κ1) is 32.7. The van der Waals surface area contributed by atoms with Crippen molar-refractivity contribution in [3.05, 3.63) is 0 Å². The first-order valence-corrected chi connectivity index (χ1v) is 14.5. The van der Waals surface area contributed by atoms with Gasteiger partial charge in [-0.15, -0.1) is 0 Å². The maximum absolute atomic E-state index is 5.70. The van der Waals surface area contributed by atoms with E-state index in [9.17, 15) is 0 Å². The molecule has 0 amide bonds. The van der Waals surface area contributed by atoms with E-state index in [-0.39, 0.29) is 0 Å². The molecular weight excluding hydrogens is 448 g/mol. The van der Waals surface area contributed by atoms with E-state index in [1.54, 1.807) is 0 Å². The van der Waals surface area contributed by atoms with Crippen molar-refractivity contribution in [2.45, 2.75) is 89.9 Å². The van der Waals surface area contributed by atoms with Crippen LogP contribution in [0.15, 0.2) is 0 Å². The van der Waals surface area contributed by atoms with E-state index in [0.717, 1.165) is 182 Å². The second kappa shape index (κ2) is 29.9. The third-order valence-electron chi connectivity index (χ3n) is 5.79. The standard InChI is InChI=1S/C28H56O7/c1-2-16-30-18-5-6-20-32-22-9-10-24-34-26-13-14-28-35-27-12-11-25-33-23-8-7-21-31-19-4-3-17-29-15-1/h1-28H2. The molecule has 0 aromatic heterocycles. The Morgan fingerprint density at radius 3 is 0.314 bits per heavy atom. The smallest absolute Gasteiger partial charge is 0.0466 e. The molecule has 1 heterocycles. The minimum atomic E-state index is 0.829. The lowest BCUT2D eigenvalue weighted by atomic mass is 10.3. The lowest BCUT2D eigenvalue weighted by Gasteiger charge is -2.07. The molecule has 0 aromatic carbocycles. The highest BCUT2D eigenvalue weighted by Crippen LogP contribution is 2.01. The van der Waals surface area contributed by atoms with Gasteiger partial charge in [0.05, 0.1) is 0 Å². The van der Waals surface area contributed by atoms with Crippen molar-refractivity contribution in [3.8, 4) is 0 Å². The molecule has 0 atom stereocenters. The fourth-order valence-corrected chi connectivity index (χ4v) is 3.57. The molecule has 0 radical (unpaired) electrons. The molecule has 7 nitrogen and oxygen atoms in total. The van der Waals surface area contributed by atoms with Gasteiger partial charge in [0.15, 0.2) is 0 Å². The van der Waals surface area contributed by atoms with Crippen LogP contribution in [-0.2, 0) is 33.2 Å². The first-order chi connectivity index (χ1) is 17.5. The fourth-order valence-electron chi connectivity index (χ4n) is 3.57. The molecule has 0 spiro atoms. The highest BCUT2D eigenvalue weighted by atomic mass is 16.5. The van der Waals surface area contributed by atoms with Gasteiger partial charge >= 0.3 is 0 Å². The van der Waals surface area contributed by atoms with E-state index in [4.69, 9.17) is 33.2 Å². The normalized spacial score (nSPS) is 24.0. The Labute approximate surface area is 215 Å². The minimum absolute atomic E-state index is 0.829. The molecule has 0 aliphatic carbocycles. The van der Waals surface area contributed by atoms with Crippen LogP contribution in [0.1, 0.15) is 89.9 Å². The Kier molecular flexibility index (Phi) is 28.0. The van der Waals surface area contributed by atoms with Gasteiger partial charge in [-0.2, -0.15) is 0 Å². The summed E-state index contributed by atoms with van der Waals surface area (Å²) >= 11 is 0. The van der Waals surface area contributed by atoms with Gasteiger partial charge in [-0.3, -0.25) is 0 Å². The molecule has 0 unspecified atom stereocenters. The Morgan fingerprint density at radius 2 is 0.229 bits per heavy atom. The van der Waals surface area contributed by atoms with Crippen LogP contribution in [0, 0.1) is 0 Å². The van der Waals surface area contributed by atoms with Crippen LogP contribution in [-0.4, -0.2) is 92.5 Å². The topological polar surface area (TPSA) is 64.6 Å². The monoisotopic (exact) mass is 504 g/mol. The average molecular weight is 505 g/mol. The molecule has 1 aliphatic rings. The van der Waals surface area contributed by atoms with Gasteiger partial charge in [0.1, 0.15) is 0 Å². The van der Waals surface area contributed by atoms with Gasteiger partial charge in [0.25, 0.3) is 0 Å². The second-order valence-corrected chi connectivity index (χ2v) is 9.24. The van der Waals surface area contributed by atoms with Gasteiger partial charge in [-0.1, -0.05) is 0 Å². The maximum Gasteiger partial charge on any atom is 0.0466 e. The van der Waals surface area contributed by atoms with Gasteiger partial charge in [-0.25, -0.2) is 0 Å². The van der Waals surface area contributed by atoms with Gasteiger partial charge in [-0.05, 0) is 89.9 Å². The molecule has 1 fully saturated rings. The molecule has 35 heavy (non-hydrogen) atoms. The molecule has 1 rings (SSSR count). The summed E-state index contributed by atoms with van der Waals surface area (Å²) in [6.45, 7) is 11.6. The van der Waals surface area contributed by atoms with Gasteiger partial charge in [0, 0.05) is 92.5 Å². The number of hydrogen-bond acceptors (Lipinski definition) is 7. The van der Waals surface area contributed by atoms with Crippen molar-refractivity contribution in [3.63, 3.8) is 0 Å². The zero-order chi connectivity index (χ0) is 24.7. The fraction of sp³-hybridized carbons (Fsp3) is 1.00. The van der Waals surface area contributed by atoms with Crippen LogP contribution in [0.2, 0.25) is 0 Å². The van der Waals surface area contributed by atoms with Crippen LogP contribution >= 0.6 is 0 Å². The predicted octanol–water partition coefficient (Wildman–Crippen LogP) is 5.58. The molecule has 7 heteroatoms. The Morgan fingerprint density at radius 1 is 0.143 bits per heavy atom. The van der Waals surface area contributed by atoms with E-state index >= 15 is 0 Å². The summed E-state index contributed by atoms with van der Waals surface area (Å²) in [4.78, 5) is 0. The summed E-state index contributed by atoms with van der Waals surface area (Å²) in [6, 6.07) is 0. The summed E-state index contributed by atoms with van der Waals surface area (Å²) in [5, 5.41) is 0. The Bertz CT molecular complexity index is 205. The lowest BCUT2D eigenvalue weighted by Crippen LogP contribution is -2.04. The third-order valence-corrected chi connectivity index (χ3v) is 5.79. The van der Waals surface area contributed by atoms with Crippen molar-refractivity contribution < 1.29 is 33.2 Å². The lowest BCUT2D eigenvalue weighted by molar-refractivity contribution is 0.0799. The van der Waals surface area contributed by atoms with E-state index < -0.39 is 0 Å². The highest BCUT2D eigenvalue weighted by Gasteiger charge is 1.97. The minimum Gasteiger partial charge on any atom is -0.381 e. The third kappa shape index (κ3) is 28.1. The van der Waals surface area contributed by atoms with Crippen LogP contribution < -0.4 is 0 Å². The average Bonchev–Trinajstić information content (AvgIpc) is 2.87. The number of rotatable bonds is 0. The molecule has 1 aliphatic heterocycles. The Hall–Kier alpha value is -0.280. The predicted molar refractivity (Wildman–Crippen MR) is 140 cm³/mol. The molecule has 0 saturated carbocycles. The zero-order valence-corrected chi connectivity index (χ0v) is 22.7. The van der Waals surface area contributed by atoms with Crippen molar-refractivity contribution in [2.75, 3.05) is 92.5 Å². The summed E-state index contributed by atoms with van der Waals surface area (Å²) in [6.07, 6.45) is 15.0. The van der Waals surface area contributed by atoms with Crippen molar-refractivity contribution in [1.29, 1.82) is 0 Å². The number of ether oxygens (including phenoxy) is 7. The second-order valence-electron chi connectivity index (χ2n) is 9.24. The maximum atomic E-state index is 5.70.